The van der Waals surface area contributed by atoms with Crippen LogP contribution in [-0.2, 0) is 36.1 Å². The van der Waals surface area contributed by atoms with Crippen LogP contribution in [0.4, 0.5) is 5.13 Å². The van der Waals surface area contributed by atoms with Gasteiger partial charge in [-0.05, 0) is 0 Å². The SMILES string of the molecule is Nc1nc(/C(=N/OCC(=O)O)C(=O)NC2C(=O)N(S(=O)(=O)O)C2Cn2cncn2)cs1. The maximum absolute atomic E-state index is 12.7. The van der Waals surface area contributed by atoms with Gasteiger partial charge in [0.15, 0.2) is 10.8 Å². The van der Waals surface area contributed by atoms with E-state index in [1.165, 1.54) is 22.7 Å². The van der Waals surface area contributed by atoms with Gasteiger partial charge in [0.1, 0.15) is 24.4 Å². The topological polar surface area (TPSA) is 232 Å². The number of thiazole rings is 1. The highest BCUT2D eigenvalue weighted by atomic mass is 32.2. The number of aromatic nitrogens is 4. The lowest BCUT2D eigenvalue weighted by Gasteiger charge is -2.43. The third-order valence-electron chi connectivity index (χ3n) is 3.87. The number of anilines is 1. The summed E-state index contributed by atoms with van der Waals surface area (Å²) in [6.07, 6.45) is 2.41. The molecule has 1 aliphatic heterocycles. The van der Waals surface area contributed by atoms with Gasteiger partial charge in [0.05, 0.1) is 12.6 Å². The summed E-state index contributed by atoms with van der Waals surface area (Å²) in [6.45, 7) is -1.08. The van der Waals surface area contributed by atoms with Crippen molar-refractivity contribution in [3.63, 3.8) is 0 Å². The van der Waals surface area contributed by atoms with E-state index in [9.17, 15) is 27.4 Å². The van der Waals surface area contributed by atoms with Crippen LogP contribution in [0, 0.1) is 0 Å². The average molecular weight is 474 g/mol. The van der Waals surface area contributed by atoms with E-state index in [0.717, 1.165) is 11.3 Å². The van der Waals surface area contributed by atoms with Crippen LogP contribution in [0.25, 0.3) is 0 Å². The summed E-state index contributed by atoms with van der Waals surface area (Å²) >= 11 is 0.964. The Labute approximate surface area is 177 Å². The van der Waals surface area contributed by atoms with Crippen molar-refractivity contribution in [1.29, 1.82) is 0 Å². The smallest absolute Gasteiger partial charge is 0.362 e. The minimum Gasteiger partial charge on any atom is -0.479 e. The summed E-state index contributed by atoms with van der Waals surface area (Å²) in [5, 5.41) is 19.6. The average Bonchev–Trinajstić information content (AvgIpc) is 3.33. The van der Waals surface area contributed by atoms with Gasteiger partial charge < -0.3 is 21.0 Å². The van der Waals surface area contributed by atoms with E-state index in [-0.39, 0.29) is 21.7 Å². The summed E-state index contributed by atoms with van der Waals surface area (Å²) in [4.78, 5) is 47.8. The predicted molar refractivity (Wildman–Crippen MR) is 101 cm³/mol. The third kappa shape index (κ3) is 4.92. The van der Waals surface area contributed by atoms with Gasteiger partial charge in [-0.2, -0.15) is 13.5 Å². The molecular weight excluding hydrogens is 460 g/mol. The molecular formula is C13H14N8O8S2. The Balaban J connectivity index is 1.83. The fourth-order valence-electron chi connectivity index (χ4n) is 2.62. The van der Waals surface area contributed by atoms with E-state index >= 15 is 0 Å². The van der Waals surface area contributed by atoms with Gasteiger partial charge in [-0.15, -0.1) is 11.3 Å². The Kier molecular flexibility index (Phi) is 6.13. The van der Waals surface area contributed by atoms with E-state index in [0.29, 0.717) is 0 Å². The third-order valence-corrected chi connectivity index (χ3v) is 5.49. The largest absolute Gasteiger partial charge is 0.479 e. The molecule has 16 nitrogen and oxygen atoms in total. The summed E-state index contributed by atoms with van der Waals surface area (Å²) < 4.78 is 33.8. The number of oxime groups is 1. The molecule has 31 heavy (non-hydrogen) atoms. The molecule has 2 aromatic heterocycles. The van der Waals surface area contributed by atoms with Crippen molar-refractivity contribution in [3.05, 3.63) is 23.7 Å². The molecule has 5 N–H and O–H groups in total. The first-order valence-electron chi connectivity index (χ1n) is 8.15. The number of carbonyl (C=O) groups excluding carboxylic acids is 2. The highest BCUT2D eigenvalue weighted by Gasteiger charge is 2.54. The first-order valence-corrected chi connectivity index (χ1v) is 10.4. The number of nitrogens with one attached hydrogen (secondary N) is 1. The Bertz CT molecular complexity index is 1130. The molecule has 2 unspecified atom stereocenters. The van der Waals surface area contributed by atoms with Gasteiger partial charge >= 0.3 is 16.3 Å². The summed E-state index contributed by atoms with van der Waals surface area (Å²) in [5.41, 5.74) is 4.98. The Morgan fingerprint density at radius 1 is 1.42 bits per heavy atom. The Hall–Kier alpha value is -3.64. The number of aliphatic carboxylic acids is 1. The van der Waals surface area contributed by atoms with E-state index in [1.54, 1.807) is 0 Å². The van der Waals surface area contributed by atoms with Gasteiger partial charge in [0, 0.05) is 5.38 Å². The molecule has 0 saturated carbocycles. The van der Waals surface area contributed by atoms with E-state index < -0.39 is 52.5 Å². The minimum atomic E-state index is -4.91. The fourth-order valence-corrected chi connectivity index (χ4v) is 4.04. The molecule has 18 heteroatoms. The molecule has 0 radical (unpaired) electrons. The van der Waals surface area contributed by atoms with E-state index in [4.69, 9.17) is 10.8 Å². The summed E-state index contributed by atoms with van der Waals surface area (Å²) in [7, 11) is -4.91. The van der Waals surface area contributed by atoms with Gasteiger partial charge in [0.25, 0.3) is 11.8 Å². The summed E-state index contributed by atoms with van der Waals surface area (Å²) in [5.74, 6) is -3.48. The van der Waals surface area contributed by atoms with Crippen LogP contribution >= 0.6 is 11.3 Å². The molecule has 0 aromatic carbocycles. The van der Waals surface area contributed by atoms with Crippen molar-refractivity contribution in [3.8, 4) is 0 Å². The molecule has 1 saturated heterocycles. The first-order chi connectivity index (χ1) is 14.6. The number of nitrogens with two attached hydrogens (primary N) is 1. The van der Waals surface area contributed by atoms with Crippen LogP contribution in [0.2, 0.25) is 0 Å². The van der Waals surface area contributed by atoms with Gasteiger partial charge in [-0.25, -0.2) is 19.1 Å². The van der Waals surface area contributed by atoms with E-state index in [2.05, 4.69) is 30.4 Å². The molecule has 0 aliphatic carbocycles. The number of nitrogens with zero attached hydrogens (tertiary/aromatic N) is 6. The van der Waals surface area contributed by atoms with Crippen molar-refractivity contribution >= 4 is 50.3 Å². The molecule has 0 bridgehead atoms. The molecule has 1 fully saturated rings. The molecule has 1 aliphatic rings. The zero-order chi connectivity index (χ0) is 22.8. The lowest BCUT2D eigenvalue weighted by Crippen LogP contribution is -2.73. The second-order valence-electron chi connectivity index (χ2n) is 5.93. The van der Waals surface area contributed by atoms with Gasteiger partial charge in [0.2, 0.25) is 6.61 Å². The lowest BCUT2D eigenvalue weighted by atomic mass is 9.98. The Morgan fingerprint density at radius 2 is 2.16 bits per heavy atom. The van der Waals surface area contributed by atoms with Gasteiger partial charge in [-0.3, -0.25) is 18.8 Å². The number of carboxylic acid groups (broad SMARTS) is 1. The number of carbonyl (C=O) groups is 3. The molecule has 166 valence electrons. The fraction of sp³-hybridized carbons (Fsp3) is 0.308. The quantitative estimate of drug-likeness (QED) is 0.126. The summed E-state index contributed by atoms with van der Waals surface area (Å²) in [6, 6.07) is -2.62. The second kappa shape index (κ2) is 8.62. The zero-order valence-electron chi connectivity index (χ0n) is 15.2. The van der Waals surface area contributed by atoms with Crippen LogP contribution in [0.3, 0.4) is 0 Å². The van der Waals surface area contributed by atoms with Crippen LogP contribution < -0.4 is 11.1 Å². The number of amides is 2. The van der Waals surface area contributed by atoms with Crippen LogP contribution in [0.5, 0.6) is 0 Å². The molecule has 2 aromatic rings. The Morgan fingerprint density at radius 3 is 2.71 bits per heavy atom. The highest BCUT2D eigenvalue weighted by molar-refractivity contribution is 7.84. The number of hydrogen-bond acceptors (Lipinski definition) is 12. The predicted octanol–water partition coefficient (Wildman–Crippen LogP) is -2.68. The maximum atomic E-state index is 12.7. The zero-order valence-corrected chi connectivity index (χ0v) is 16.9. The number of carboxylic acids is 1. The van der Waals surface area contributed by atoms with Gasteiger partial charge in [-0.1, -0.05) is 5.16 Å². The lowest BCUT2D eigenvalue weighted by molar-refractivity contribution is -0.145. The van der Waals surface area contributed by atoms with Crippen molar-refractivity contribution in [2.24, 2.45) is 5.16 Å². The van der Waals surface area contributed by atoms with Crippen LogP contribution in [0.1, 0.15) is 5.69 Å². The number of rotatable bonds is 9. The van der Waals surface area contributed by atoms with Crippen molar-refractivity contribution in [2.75, 3.05) is 12.3 Å². The minimum absolute atomic E-state index is 0.0587. The standard InChI is InChI=1S/C13H14N8O8S2/c14-13-17-6(3-30-13)9(19-29-2-8(22)23)11(24)18-10-7(1-20-5-15-4-16-20)21(12(10)25)31(26,27)28/h3-5,7,10H,1-2H2,(H2,14,17)(H,18,24)(H,22,23)(H,26,27,28)/b19-9-. The molecule has 2 atom stereocenters. The van der Waals surface area contributed by atoms with Crippen LogP contribution in [0.15, 0.2) is 23.2 Å². The molecule has 2 amide bonds. The maximum Gasteiger partial charge on any atom is 0.362 e. The first kappa shape index (κ1) is 22.1. The van der Waals surface area contributed by atoms with Crippen LogP contribution in [-0.4, -0.2) is 84.3 Å². The van der Waals surface area contributed by atoms with E-state index in [1.807, 2.05) is 0 Å². The number of hydrogen-bond donors (Lipinski definition) is 4. The molecule has 3 heterocycles. The normalized spacial score (nSPS) is 19.1. The second-order valence-corrected chi connectivity index (χ2v) is 8.10. The molecule has 3 rings (SSSR count). The number of nitrogen functional groups attached to an aromatic ring is 1. The number of β-lactam (4-membered cyclic amide) rings is 1. The monoisotopic (exact) mass is 474 g/mol. The molecule has 0 spiro atoms. The van der Waals surface area contributed by atoms with Crippen molar-refractivity contribution in [2.45, 2.75) is 18.6 Å². The van der Waals surface area contributed by atoms with Crippen molar-refractivity contribution < 1.29 is 37.3 Å². The highest BCUT2D eigenvalue weighted by Crippen LogP contribution is 2.25. The van der Waals surface area contributed by atoms with Crippen molar-refractivity contribution in [1.82, 2.24) is 29.4 Å².